The molecule has 1 atom stereocenters. The van der Waals surface area contributed by atoms with Gasteiger partial charge in [0.15, 0.2) is 4.96 Å². The Morgan fingerprint density at radius 2 is 2.31 bits per heavy atom. The van der Waals surface area contributed by atoms with E-state index in [4.69, 9.17) is 9.15 Å². The normalized spacial score (nSPS) is 17.2. The average molecular weight is 373 g/mol. The van der Waals surface area contributed by atoms with Crippen molar-refractivity contribution in [1.82, 2.24) is 14.3 Å². The number of carbonyl (C=O) groups excluding carboxylic acids is 2. The first kappa shape index (κ1) is 16.5. The highest BCUT2D eigenvalue weighted by Gasteiger charge is 2.35. The van der Waals surface area contributed by atoms with Crippen LogP contribution in [-0.4, -0.2) is 32.7 Å². The number of thiazole rings is 1. The van der Waals surface area contributed by atoms with Gasteiger partial charge < -0.3 is 14.1 Å². The Morgan fingerprint density at radius 3 is 3.12 bits per heavy atom. The number of rotatable bonds is 5. The molecule has 4 heterocycles. The second-order valence-electron chi connectivity index (χ2n) is 6.00. The smallest absolute Gasteiger partial charge is 0.311 e. The monoisotopic (exact) mass is 373 g/mol. The first-order valence-electron chi connectivity index (χ1n) is 8.03. The van der Waals surface area contributed by atoms with Crippen LogP contribution in [0, 0.1) is 5.92 Å². The molecule has 3 aromatic rings. The van der Waals surface area contributed by atoms with E-state index >= 15 is 0 Å². The molecule has 8 nitrogen and oxygen atoms in total. The van der Waals surface area contributed by atoms with E-state index in [2.05, 4.69) is 4.98 Å². The van der Waals surface area contributed by atoms with Crippen molar-refractivity contribution in [3.8, 4) is 0 Å². The highest BCUT2D eigenvalue weighted by atomic mass is 32.1. The Balaban J connectivity index is 1.37. The Bertz CT molecular complexity index is 1010. The molecule has 26 heavy (non-hydrogen) atoms. The minimum Gasteiger partial charge on any atom is -0.467 e. The number of likely N-dealkylation sites (tertiary alicyclic amines) is 1. The molecule has 0 radical (unpaired) electrons. The summed E-state index contributed by atoms with van der Waals surface area (Å²) < 4.78 is 11.9. The van der Waals surface area contributed by atoms with Gasteiger partial charge in [-0.25, -0.2) is 4.98 Å². The van der Waals surface area contributed by atoms with Crippen LogP contribution in [0.5, 0.6) is 0 Å². The van der Waals surface area contributed by atoms with Gasteiger partial charge in [-0.2, -0.15) is 0 Å². The topological polar surface area (TPSA) is 94.1 Å². The van der Waals surface area contributed by atoms with Gasteiger partial charge in [0.1, 0.15) is 12.4 Å². The number of hydrogen-bond donors (Lipinski definition) is 0. The van der Waals surface area contributed by atoms with E-state index in [9.17, 15) is 14.4 Å². The van der Waals surface area contributed by atoms with Gasteiger partial charge in [0, 0.05) is 30.6 Å². The van der Waals surface area contributed by atoms with Gasteiger partial charge in [-0.15, -0.1) is 11.3 Å². The highest BCUT2D eigenvalue weighted by molar-refractivity contribution is 7.15. The molecule has 1 amide bonds. The number of amides is 1. The number of furan rings is 1. The predicted molar refractivity (Wildman–Crippen MR) is 91.4 cm³/mol. The van der Waals surface area contributed by atoms with Crippen LogP contribution in [0.2, 0.25) is 0 Å². The molecule has 1 unspecified atom stereocenters. The van der Waals surface area contributed by atoms with Gasteiger partial charge in [0.05, 0.1) is 24.4 Å². The average Bonchev–Trinajstić information content (AvgIpc) is 3.35. The molecule has 0 N–H and O–H groups in total. The standard InChI is InChI=1S/C17H15N3O5S/c21-14-6-11(8-19(14)9-13-2-1-4-24-13)16(23)25-10-12-7-15(22)20-3-5-26-17(20)18-12/h1-5,7,11H,6,8-10H2. The summed E-state index contributed by atoms with van der Waals surface area (Å²) in [6.07, 6.45) is 3.30. The summed E-state index contributed by atoms with van der Waals surface area (Å²) in [5.41, 5.74) is 0.172. The number of aromatic nitrogens is 2. The van der Waals surface area contributed by atoms with Gasteiger partial charge in [0.25, 0.3) is 5.56 Å². The second-order valence-corrected chi connectivity index (χ2v) is 6.88. The molecule has 1 aliphatic rings. The molecule has 134 valence electrons. The van der Waals surface area contributed by atoms with Crippen molar-refractivity contribution in [3.05, 3.63) is 57.8 Å². The number of hydrogen-bond acceptors (Lipinski definition) is 7. The van der Waals surface area contributed by atoms with Crippen LogP contribution in [0.3, 0.4) is 0 Å². The molecule has 1 fully saturated rings. The van der Waals surface area contributed by atoms with Crippen molar-refractivity contribution < 1.29 is 18.7 Å². The Hall–Kier alpha value is -2.94. The van der Waals surface area contributed by atoms with Gasteiger partial charge in [0.2, 0.25) is 5.91 Å². The Labute approximate surface area is 151 Å². The van der Waals surface area contributed by atoms with Crippen molar-refractivity contribution in [1.29, 1.82) is 0 Å². The second kappa shape index (κ2) is 6.75. The van der Waals surface area contributed by atoms with Gasteiger partial charge in [-0.05, 0) is 12.1 Å². The molecule has 3 aromatic heterocycles. The lowest BCUT2D eigenvalue weighted by molar-refractivity contribution is -0.149. The van der Waals surface area contributed by atoms with E-state index < -0.39 is 11.9 Å². The van der Waals surface area contributed by atoms with E-state index in [0.29, 0.717) is 29.5 Å². The van der Waals surface area contributed by atoms with Crippen molar-refractivity contribution in [2.24, 2.45) is 5.92 Å². The lowest BCUT2D eigenvalue weighted by atomic mass is 10.1. The number of nitrogens with zero attached hydrogens (tertiary/aromatic N) is 3. The fourth-order valence-electron chi connectivity index (χ4n) is 2.90. The number of fused-ring (bicyclic) bond motifs is 1. The number of carbonyl (C=O) groups is 2. The van der Waals surface area contributed by atoms with E-state index in [0.717, 1.165) is 0 Å². The fraction of sp³-hybridized carbons (Fsp3) is 0.294. The molecule has 4 rings (SSSR count). The Morgan fingerprint density at radius 1 is 1.42 bits per heavy atom. The van der Waals surface area contributed by atoms with E-state index in [1.807, 2.05) is 0 Å². The van der Waals surface area contributed by atoms with Crippen LogP contribution in [0.15, 0.2) is 45.3 Å². The minimum atomic E-state index is -0.524. The van der Waals surface area contributed by atoms with Crippen LogP contribution in [0.4, 0.5) is 0 Å². The molecular formula is C17H15N3O5S. The summed E-state index contributed by atoms with van der Waals surface area (Å²) in [5, 5.41) is 1.76. The lowest BCUT2D eigenvalue weighted by Gasteiger charge is -2.14. The van der Waals surface area contributed by atoms with Gasteiger partial charge >= 0.3 is 5.97 Å². The highest BCUT2D eigenvalue weighted by Crippen LogP contribution is 2.22. The first-order valence-corrected chi connectivity index (χ1v) is 8.91. The minimum absolute atomic E-state index is 0.0919. The third kappa shape index (κ3) is 3.25. The summed E-state index contributed by atoms with van der Waals surface area (Å²) in [6.45, 7) is 0.534. The quantitative estimate of drug-likeness (QED) is 0.628. The molecule has 0 aromatic carbocycles. The zero-order valence-corrected chi connectivity index (χ0v) is 14.5. The molecule has 1 aliphatic heterocycles. The summed E-state index contributed by atoms with van der Waals surface area (Å²) in [5.74, 6) is -0.432. The van der Waals surface area contributed by atoms with Crippen molar-refractivity contribution in [2.75, 3.05) is 6.54 Å². The summed E-state index contributed by atoms with van der Waals surface area (Å²) >= 11 is 1.33. The number of esters is 1. The number of ether oxygens (including phenoxy) is 1. The third-order valence-electron chi connectivity index (χ3n) is 4.19. The van der Waals surface area contributed by atoms with Crippen LogP contribution in [0.25, 0.3) is 4.96 Å². The summed E-state index contributed by atoms with van der Waals surface area (Å²) in [4.78, 5) is 42.7. The SMILES string of the molecule is O=C(OCc1cc(=O)n2ccsc2n1)C1CC(=O)N(Cc2ccco2)C1. The zero-order chi connectivity index (χ0) is 18.1. The first-order chi connectivity index (χ1) is 12.6. The maximum atomic E-state index is 12.3. The van der Waals surface area contributed by atoms with E-state index in [1.165, 1.54) is 21.8 Å². The van der Waals surface area contributed by atoms with Crippen molar-refractivity contribution in [2.45, 2.75) is 19.6 Å². The molecular weight excluding hydrogens is 358 g/mol. The van der Waals surface area contributed by atoms with E-state index in [-0.39, 0.29) is 24.5 Å². The van der Waals surface area contributed by atoms with Crippen molar-refractivity contribution in [3.63, 3.8) is 0 Å². The van der Waals surface area contributed by atoms with Crippen LogP contribution in [-0.2, 0) is 27.5 Å². The molecule has 1 saturated heterocycles. The maximum absolute atomic E-state index is 12.3. The zero-order valence-electron chi connectivity index (χ0n) is 13.7. The predicted octanol–water partition coefficient (Wildman–Crippen LogP) is 1.44. The van der Waals surface area contributed by atoms with Gasteiger partial charge in [-0.1, -0.05) is 0 Å². The summed E-state index contributed by atoms with van der Waals surface area (Å²) in [6, 6.07) is 4.88. The third-order valence-corrected chi connectivity index (χ3v) is 4.95. The van der Waals surface area contributed by atoms with Gasteiger partial charge in [-0.3, -0.25) is 18.8 Å². The molecule has 9 heteroatoms. The van der Waals surface area contributed by atoms with Crippen LogP contribution < -0.4 is 5.56 Å². The van der Waals surface area contributed by atoms with Crippen LogP contribution >= 0.6 is 11.3 Å². The Kier molecular flexibility index (Phi) is 4.29. The van der Waals surface area contributed by atoms with E-state index in [1.54, 1.807) is 34.9 Å². The van der Waals surface area contributed by atoms with Crippen LogP contribution in [0.1, 0.15) is 17.9 Å². The molecule has 0 spiro atoms. The molecule has 0 saturated carbocycles. The maximum Gasteiger partial charge on any atom is 0.311 e. The fourth-order valence-corrected chi connectivity index (χ4v) is 3.64. The summed E-state index contributed by atoms with van der Waals surface area (Å²) in [7, 11) is 0. The molecule has 0 aliphatic carbocycles. The van der Waals surface area contributed by atoms with Crippen molar-refractivity contribution >= 4 is 28.2 Å². The lowest BCUT2D eigenvalue weighted by Crippen LogP contribution is -2.26. The molecule has 0 bridgehead atoms. The largest absolute Gasteiger partial charge is 0.467 e.